The van der Waals surface area contributed by atoms with Crippen molar-refractivity contribution in [3.63, 3.8) is 0 Å². The van der Waals surface area contributed by atoms with Crippen LogP contribution in [0.4, 0.5) is 0 Å². The standard InChI is InChI=1S/C27H18NO2S/c1-15-11-13-19-18-14-12-16-7-3-4-8-17(16)24(18)30-25(19)22(15)26-28(2)23-20-9-5-6-10-21(20)29-27(23)31-26/h3-14H,1-2H3/q+1. The monoisotopic (exact) mass is 420 g/mol. The molecule has 0 radical (unpaired) electrons. The van der Waals surface area contributed by atoms with Crippen LogP contribution in [0.15, 0.2) is 81.6 Å². The smallest absolute Gasteiger partial charge is 0.276 e. The van der Waals surface area contributed by atoms with Gasteiger partial charge >= 0.3 is 0 Å². The first-order valence-corrected chi connectivity index (χ1v) is 11.2. The molecule has 0 fully saturated rings. The third kappa shape index (κ3) is 2.20. The van der Waals surface area contributed by atoms with E-state index in [1.165, 1.54) is 10.9 Å². The minimum atomic E-state index is 0.927. The summed E-state index contributed by atoms with van der Waals surface area (Å²) in [4.78, 5) is 0.941. The Morgan fingerprint density at radius 2 is 1.45 bits per heavy atom. The van der Waals surface area contributed by atoms with Crippen LogP contribution >= 0.6 is 11.3 Å². The lowest BCUT2D eigenvalue weighted by Gasteiger charge is -2.02. The van der Waals surface area contributed by atoms with Crippen LogP contribution in [-0.4, -0.2) is 0 Å². The van der Waals surface area contributed by atoms with Crippen molar-refractivity contribution in [3.8, 4) is 10.6 Å². The van der Waals surface area contributed by atoms with Gasteiger partial charge in [0, 0.05) is 16.2 Å². The van der Waals surface area contributed by atoms with E-state index in [9.17, 15) is 0 Å². The second kappa shape index (κ2) is 5.96. The summed E-state index contributed by atoms with van der Waals surface area (Å²) in [5, 5.41) is 6.93. The van der Waals surface area contributed by atoms with Crippen LogP contribution in [0.2, 0.25) is 0 Å². The van der Waals surface area contributed by atoms with E-state index < -0.39 is 0 Å². The van der Waals surface area contributed by atoms with Gasteiger partial charge in [0.05, 0.1) is 5.39 Å². The first-order chi connectivity index (χ1) is 15.2. The molecule has 3 heterocycles. The average molecular weight is 421 g/mol. The van der Waals surface area contributed by atoms with E-state index in [2.05, 4.69) is 79.2 Å². The van der Waals surface area contributed by atoms with E-state index in [4.69, 9.17) is 8.83 Å². The lowest BCUT2D eigenvalue weighted by molar-refractivity contribution is -0.628. The number of nitrogens with zero attached hydrogens (tertiary/aromatic N) is 1. The molecule has 0 aliphatic heterocycles. The summed E-state index contributed by atoms with van der Waals surface area (Å²) < 4.78 is 15.0. The van der Waals surface area contributed by atoms with Gasteiger partial charge in [0.1, 0.15) is 23.8 Å². The van der Waals surface area contributed by atoms with Crippen molar-refractivity contribution in [3.05, 3.63) is 78.4 Å². The van der Waals surface area contributed by atoms with Gasteiger partial charge in [-0.3, -0.25) is 0 Å². The van der Waals surface area contributed by atoms with Crippen LogP contribution in [0.1, 0.15) is 5.56 Å². The zero-order valence-electron chi connectivity index (χ0n) is 17.1. The SMILES string of the molecule is Cc1ccc2c(oc3c4ccccc4ccc23)c1-c1sc2oc3ccccc3c2[n+]1C. The van der Waals surface area contributed by atoms with E-state index in [-0.39, 0.29) is 0 Å². The molecule has 0 saturated carbocycles. The van der Waals surface area contributed by atoms with Gasteiger partial charge in [0.15, 0.2) is 5.58 Å². The molecule has 0 spiro atoms. The Bertz CT molecular complexity index is 1820. The molecule has 0 aliphatic carbocycles. The van der Waals surface area contributed by atoms with Crippen molar-refractivity contribution in [2.24, 2.45) is 7.05 Å². The Balaban J connectivity index is 1.61. The number of fused-ring (bicyclic) bond motifs is 8. The number of hydrogen-bond donors (Lipinski definition) is 0. The minimum Gasteiger partial charge on any atom is -0.454 e. The molecule has 31 heavy (non-hydrogen) atoms. The van der Waals surface area contributed by atoms with Gasteiger partial charge in [-0.15, -0.1) is 0 Å². The zero-order valence-corrected chi connectivity index (χ0v) is 17.9. The van der Waals surface area contributed by atoms with Crippen LogP contribution in [-0.2, 0) is 7.05 Å². The molecule has 7 rings (SSSR count). The lowest BCUT2D eigenvalue weighted by Crippen LogP contribution is -2.28. The normalized spacial score (nSPS) is 12.2. The highest BCUT2D eigenvalue weighted by Gasteiger charge is 2.29. The topological polar surface area (TPSA) is 30.2 Å². The van der Waals surface area contributed by atoms with Gasteiger partial charge < -0.3 is 8.83 Å². The summed E-state index contributed by atoms with van der Waals surface area (Å²) in [7, 11) is 2.12. The molecule has 0 aliphatic rings. The maximum Gasteiger partial charge on any atom is 0.276 e. The second-order valence-corrected chi connectivity index (χ2v) is 9.06. The van der Waals surface area contributed by atoms with Crippen LogP contribution in [0, 0.1) is 6.92 Å². The molecule has 0 atom stereocenters. The highest BCUT2D eigenvalue weighted by Crippen LogP contribution is 2.42. The molecule has 3 nitrogen and oxygen atoms in total. The third-order valence-electron chi connectivity index (χ3n) is 6.32. The van der Waals surface area contributed by atoms with Crippen LogP contribution in [0.5, 0.6) is 0 Å². The summed E-state index contributed by atoms with van der Waals surface area (Å²) in [6.45, 7) is 2.15. The number of rotatable bonds is 1. The van der Waals surface area contributed by atoms with E-state index >= 15 is 0 Å². The van der Waals surface area contributed by atoms with Crippen LogP contribution in [0.25, 0.3) is 64.7 Å². The van der Waals surface area contributed by atoms with E-state index in [0.717, 1.165) is 59.3 Å². The van der Waals surface area contributed by atoms with Crippen LogP contribution < -0.4 is 4.57 Å². The number of benzene rings is 4. The molecule has 3 aromatic heterocycles. The highest BCUT2D eigenvalue weighted by molar-refractivity contribution is 7.20. The maximum absolute atomic E-state index is 6.61. The van der Waals surface area contributed by atoms with Crippen molar-refractivity contribution >= 4 is 65.4 Å². The Kier molecular flexibility index (Phi) is 3.29. The van der Waals surface area contributed by atoms with Crippen molar-refractivity contribution < 1.29 is 13.4 Å². The van der Waals surface area contributed by atoms with Gasteiger partial charge in [-0.25, -0.2) is 0 Å². The fourth-order valence-corrected chi connectivity index (χ4v) is 6.04. The predicted molar refractivity (Wildman–Crippen MR) is 128 cm³/mol. The molecular formula is C27H18NO2S+. The van der Waals surface area contributed by atoms with Gasteiger partial charge in [-0.2, -0.15) is 4.57 Å². The van der Waals surface area contributed by atoms with Gasteiger partial charge in [0.2, 0.25) is 0 Å². The second-order valence-electron chi connectivity index (χ2n) is 8.10. The molecular weight excluding hydrogens is 402 g/mol. The number of furan rings is 2. The summed E-state index contributed by atoms with van der Waals surface area (Å²) in [5.74, 6) is 0. The van der Waals surface area contributed by atoms with Crippen molar-refractivity contribution in [1.29, 1.82) is 0 Å². The molecule has 4 aromatic carbocycles. The van der Waals surface area contributed by atoms with E-state index in [1.54, 1.807) is 11.3 Å². The molecule has 0 N–H and O–H groups in total. The Hall–Kier alpha value is -3.63. The molecule has 4 heteroatoms. The summed E-state index contributed by atoms with van der Waals surface area (Å²) in [6, 6.07) is 25.4. The first-order valence-electron chi connectivity index (χ1n) is 10.3. The molecule has 0 saturated heterocycles. The number of aryl methyl sites for hydroxylation is 2. The number of para-hydroxylation sites is 1. The van der Waals surface area contributed by atoms with Gasteiger partial charge in [-0.1, -0.05) is 54.6 Å². The maximum atomic E-state index is 6.61. The minimum absolute atomic E-state index is 0.927. The van der Waals surface area contributed by atoms with Gasteiger partial charge in [-0.05, 0) is 47.4 Å². The van der Waals surface area contributed by atoms with E-state index in [1.807, 2.05) is 12.1 Å². The number of thiazole rings is 1. The highest BCUT2D eigenvalue weighted by atomic mass is 32.1. The Labute approximate surface area is 181 Å². The molecule has 148 valence electrons. The summed E-state index contributed by atoms with van der Waals surface area (Å²) >= 11 is 1.68. The molecule has 0 unspecified atom stereocenters. The largest absolute Gasteiger partial charge is 0.454 e. The molecule has 7 aromatic rings. The van der Waals surface area contributed by atoms with Crippen molar-refractivity contribution in [1.82, 2.24) is 0 Å². The molecule has 0 bridgehead atoms. The number of aromatic nitrogens is 1. The average Bonchev–Trinajstić information content (AvgIpc) is 3.44. The van der Waals surface area contributed by atoms with Gasteiger partial charge in [0.25, 0.3) is 15.4 Å². The third-order valence-corrected chi connectivity index (χ3v) is 7.45. The summed E-state index contributed by atoms with van der Waals surface area (Å²) in [6.07, 6.45) is 0. The first kappa shape index (κ1) is 17.1. The predicted octanol–water partition coefficient (Wildman–Crippen LogP) is 7.50. The summed E-state index contributed by atoms with van der Waals surface area (Å²) in [5.41, 5.74) is 6.29. The Morgan fingerprint density at radius 1 is 0.710 bits per heavy atom. The fourth-order valence-electron chi connectivity index (χ4n) is 4.80. The lowest BCUT2D eigenvalue weighted by atomic mass is 10.0. The zero-order chi connectivity index (χ0) is 20.7. The Morgan fingerprint density at radius 3 is 2.35 bits per heavy atom. The van der Waals surface area contributed by atoms with Crippen molar-refractivity contribution in [2.75, 3.05) is 0 Å². The quantitative estimate of drug-likeness (QED) is 0.257. The molecule has 0 amide bonds. The van der Waals surface area contributed by atoms with E-state index in [0.29, 0.717) is 0 Å². The fraction of sp³-hybridized carbons (Fsp3) is 0.0741. The van der Waals surface area contributed by atoms with Crippen molar-refractivity contribution in [2.45, 2.75) is 6.92 Å². The van der Waals surface area contributed by atoms with Crippen LogP contribution in [0.3, 0.4) is 0 Å². The number of hydrogen-bond acceptors (Lipinski definition) is 3.